The molecule has 1 saturated heterocycles. The first kappa shape index (κ1) is 21.1. The fourth-order valence-corrected chi connectivity index (χ4v) is 5.82. The number of nitrogens with two attached hydrogens (primary N) is 1. The van der Waals surface area contributed by atoms with Gasteiger partial charge in [0.05, 0.1) is 15.6 Å². The van der Waals surface area contributed by atoms with Gasteiger partial charge in [-0.05, 0) is 43.5 Å². The van der Waals surface area contributed by atoms with Gasteiger partial charge in [-0.2, -0.15) is 9.29 Å². The number of piperidine rings is 1. The van der Waals surface area contributed by atoms with Gasteiger partial charge >= 0.3 is 0 Å². The largest absolute Gasteiger partial charge is 0.398 e. The van der Waals surface area contributed by atoms with Crippen LogP contribution >= 0.6 is 23.2 Å². The van der Waals surface area contributed by atoms with E-state index in [0.717, 1.165) is 30.4 Å². The van der Waals surface area contributed by atoms with E-state index < -0.39 is 10.0 Å². The standard InChI is InChI=1S/C20H20Cl2N4O3S/c1-12-13(6-5-7-17(12)23)19-24-20(29-25-19)14-10-18(16(22)11-15(14)21)30(27,28)26-8-3-2-4-9-26/h5-7,10-11H,2-4,8-9,23H2,1H3. The van der Waals surface area contributed by atoms with Gasteiger partial charge in [-0.15, -0.1) is 0 Å². The van der Waals surface area contributed by atoms with Crippen molar-refractivity contribution in [3.63, 3.8) is 0 Å². The van der Waals surface area contributed by atoms with Crippen molar-refractivity contribution in [3.8, 4) is 22.8 Å². The molecule has 158 valence electrons. The van der Waals surface area contributed by atoms with Crippen molar-refractivity contribution in [3.05, 3.63) is 45.9 Å². The first-order valence-electron chi connectivity index (χ1n) is 9.48. The number of hydrogen-bond donors (Lipinski definition) is 1. The number of sulfonamides is 1. The maximum absolute atomic E-state index is 13.1. The lowest BCUT2D eigenvalue weighted by Crippen LogP contribution is -2.35. The van der Waals surface area contributed by atoms with Crippen LogP contribution in [0.5, 0.6) is 0 Å². The quantitative estimate of drug-likeness (QED) is 0.555. The van der Waals surface area contributed by atoms with Crippen molar-refractivity contribution < 1.29 is 12.9 Å². The van der Waals surface area contributed by atoms with Crippen LogP contribution in [0.25, 0.3) is 22.8 Å². The van der Waals surface area contributed by atoms with E-state index in [0.29, 0.717) is 30.2 Å². The van der Waals surface area contributed by atoms with Crippen molar-refractivity contribution in [2.45, 2.75) is 31.1 Å². The zero-order valence-corrected chi connectivity index (χ0v) is 18.6. The molecule has 0 spiro atoms. The van der Waals surface area contributed by atoms with Gasteiger partial charge in [0.2, 0.25) is 15.8 Å². The van der Waals surface area contributed by atoms with Crippen LogP contribution < -0.4 is 5.73 Å². The highest BCUT2D eigenvalue weighted by Crippen LogP contribution is 2.37. The smallest absolute Gasteiger partial charge is 0.259 e. The van der Waals surface area contributed by atoms with Crippen molar-refractivity contribution in [2.24, 2.45) is 0 Å². The molecule has 0 radical (unpaired) electrons. The molecule has 7 nitrogen and oxygen atoms in total. The average molecular weight is 467 g/mol. The van der Waals surface area contributed by atoms with Gasteiger partial charge in [0.1, 0.15) is 4.90 Å². The SMILES string of the molecule is Cc1c(N)cccc1-c1noc(-c2cc(S(=O)(=O)N3CCCCC3)c(Cl)cc2Cl)n1. The van der Waals surface area contributed by atoms with E-state index in [1.807, 2.05) is 13.0 Å². The second kappa shape index (κ2) is 8.19. The molecule has 1 aliphatic rings. The van der Waals surface area contributed by atoms with Crippen LogP contribution in [0.3, 0.4) is 0 Å². The summed E-state index contributed by atoms with van der Waals surface area (Å²) in [6, 6.07) is 8.21. The van der Waals surface area contributed by atoms with Crippen LogP contribution in [0.15, 0.2) is 39.8 Å². The molecule has 1 aromatic heterocycles. The minimum absolute atomic E-state index is 0.0228. The van der Waals surface area contributed by atoms with E-state index in [2.05, 4.69) is 10.1 Å². The summed E-state index contributed by atoms with van der Waals surface area (Å²) in [6.45, 7) is 2.80. The maximum Gasteiger partial charge on any atom is 0.259 e. The molecule has 4 rings (SSSR count). The summed E-state index contributed by atoms with van der Waals surface area (Å²) in [5.74, 6) is 0.435. The Morgan fingerprint density at radius 3 is 2.53 bits per heavy atom. The van der Waals surface area contributed by atoms with Gasteiger partial charge < -0.3 is 10.3 Å². The summed E-state index contributed by atoms with van der Waals surface area (Å²) in [5.41, 5.74) is 8.41. The second-order valence-electron chi connectivity index (χ2n) is 7.17. The van der Waals surface area contributed by atoms with E-state index in [4.69, 9.17) is 33.5 Å². The number of nitrogen functional groups attached to an aromatic ring is 1. The molecular weight excluding hydrogens is 447 g/mol. The summed E-state index contributed by atoms with van der Waals surface area (Å²) < 4.78 is 33.1. The molecule has 3 aromatic rings. The summed E-state index contributed by atoms with van der Waals surface area (Å²) in [6.07, 6.45) is 2.66. The number of aromatic nitrogens is 2. The first-order chi connectivity index (χ1) is 14.3. The summed E-state index contributed by atoms with van der Waals surface area (Å²) in [4.78, 5) is 4.39. The highest BCUT2D eigenvalue weighted by Gasteiger charge is 2.30. The van der Waals surface area contributed by atoms with Crippen molar-refractivity contribution >= 4 is 38.9 Å². The number of hydrogen-bond acceptors (Lipinski definition) is 6. The minimum atomic E-state index is -3.76. The Bertz CT molecular complexity index is 1200. The Kier molecular flexibility index (Phi) is 5.76. The fraction of sp³-hybridized carbons (Fsp3) is 0.300. The van der Waals surface area contributed by atoms with E-state index in [9.17, 15) is 8.42 Å². The fourth-order valence-electron chi connectivity index (χ4n) is 3.47. The third-order valence-corrected chi connectivity index (χ3v) is 7.90. The predicted molar refractivity (Wildman–Crippen MR) is 117 cm³/mol. The Balaban J connectivity index is 1.77. The lowest BCUT2D eigenvalue weighted by molar-refractivity contribution is 0.346. The molecule has 1 fully saturated rings. The normalized spacial score (nSPS) is 15.4. The first-order valence-corrected chi connectivity index (χ1v) is 11.7. The lowest BCUT2D eigenvalue weighted by Gasteiger charge is -2.26. The van der Waals surface area contributed by atoms with Crippen LogP contribution in [0.2, 0.25) is 10.0 Å². The molecule has 2 heterocycles. The number of anilines is 1. The number of nitrogens with zero attached hydrogens (tertiary/aromatic N) is 3. The van der Waals surface area contributed by atoms with E-state index in [1.54, 1.807) is 12.1 Å². The Morgan fingerprint density at radius 2 is 1.80 bits per heavy atom. The van der Waals surface area contributed by atoms with E-state index >= 15 is 0 Å². The number of rotatable bonds is 4. The Morgan fingerprint density at radius 1 is 1.07 bits per heavy atom. The molecule has 0 atom stereocenters. The van der Waals surface area contributed by atoms with Gasteiger partial charge in [0, 0.05) is 24.3 Å². The minimum Gasteiger partial charge on any atom is -0.398 e. The molecule has 0 unspecified atom stereocenters. The van der Waals surface area contributed by atoms with Gasteiger partial charge in [-0.3, -0.25) is 0 Å². The van der Waals surface area contributed by atoms with Crippen molar-refractivity contribution in [1.82, 2.24) is 14.4 Å². The molecule has 30 heavy (non-hydrogen) atoms. The van der Waals surface area contributed by atoms with Gasteiger partial charge in [-0.25, -0.2) is 8.42 Å². The molecule has 10 heteroatoms. The van der Waals surface area contributed by atoms with Gasteiger partial charge in [0.25, 0.3) is 5.89 Å². The third kappa shape index (κ3) is 3.80. The molecule has 2 aromatic carbocycles. The molecule has 0 bridgehead atoms. The van der Waals surface area contributed by atoms with E-state index in [-0.39, 0.29) is 20.8 Å². The monoisotopic (exact) mass is 466 g/mol. The molecule has 1 aliphatic heterocycles. The van der Waals surface area contributed by atoms with Gasteiger partial charge in [0.15, 0.2) is 0 Å². The van der Waals surface area contributed by atoms with Crippen LogP contribution in [0.4, 0.5) is 5.69 Å². The molecule has 0 amide bonds. The third-order valence-electron chi connectivity index (χ3n) is 5.23. The Labute approximate surface area is 184 Å². The topological polar surface area (TPSA) is 102 Å². The highest BCUT2D eigenvalue weighted by atomic mass is 35.5. The molecule has 0 saturated carbocycles. The van der Waals surface area contributed by atoms with Crippen LogP contribution in [-0.2, 0) is 10.0 Å². The number of benzene rings is 2. The van der Waals surface area contributed by atoms with Crippen molar-refractivity contribution in [1.29, 1.82) is 0 Å². The van der Waals surface area contributed by atoms with E-state index in [1.165, 1.54) is 16.4 Å². The highest BCUT2D eigenvalue weighted by molar-refractivity contribution is 7.89. The Hall–Kier alpha value is -2.13. The summed E-state index contributed by atoms with van der Waals surface area (Å²) >= 11 is 12.6. The second-order valence-corrected chi connectivity index (χ2v) is 9.89. The summed E-state index contributed by atoms with van der Waals surface area (Å²) in [7, 11) is -3.76. The summed E-state index contributed by atoms with van der Waals surface area (Å²) in [5, 5.41) is 4.29. The van der Waals surface area contributed by atoms with Crippen LogP contribution in [0.1, 0.15) is 24.8 Å². The average Bonchev–Trinajstić information content (AvgIpc) is 3.20. The number of halogens is 2. The molecule has 0 aliphatic carbocycles. The van der Waals surface area contributed by atoms with Crippen LogP contribution in [-0.4, -0.2) is 36.0 Å². The molecular formula is C20H20Cl2N4O3S. The zero-order valence-electron chi connectivity index (χ0n) is 16.2. The van der Waals surface area contributed by atoms with Crippen LogP contribution in [0, 0.1) is 6.92 Å². The lowest BCUT2D eigenvalue weighted by atomic mass is 10.1. The zero-order chi connectivity index (χ0) is 21.5. The predicted octanol–water partition coefficient (Wildman–Crippen LogP) is 4.78. The van der Waals surface area contributed by atoms with Gasteiger partial charge in [-0.1, -0.05) is 46.9 Å². The van der Waals surface area contributed by atoms with Crippen molar-refractivity contribution in [2.75, 3.05) is 18.8 Å². The molecule has 2 N–H and O–H groups in total. The maximum atomic E-state index is 13.1.